The molecule has 0 fully saturated rings. The second-order valence-corrected chi connectivity index (χ2v) is 4.10. The molecule has 0 saturated heterocycles. The summed E-state index contributed by atoms with van der Waals surface area (Å²) < 4.78 is 5.17. The average Bonchev–Trinajstić information content (AvgIpc) is 2.27. The van der Waals surface area contributed by atoms with Crippen LogP contribution in [0.1, 0.15) is 26.3 Å². The highest BCUT2D eigenvalue weighted by atomic mass is 16.5. The summed E-state index contributed by atoms with van der Waals surface area (Å²) in [5, 5.41) is 0. The fraction of sp³-hybridized carbons (Fsp3) is 0.357. The lowest BCUT2D eigenvalue weighted by Crippen LogP contribution is -2.10. The Morgan fingerprint density at radius 2 is 1.75 bits per heavy atom. The number of carbonyl (C=O) groups is 1. The summed E-state index contributed by atoms with van der Waals surface area (Å²) in [6.45, 7) is 6.40. The molecule has 0 atom stereocenters. The summed E-state index contributed by atoms with van der Waals surface area (Å²) in [6.07, 6.45) is 0.344. The second-order valence-electron chi connectivity index (χ2n) is 4.10. The van der Waals surface area contributed by atoms with E-state index < -0.39 is 0 Å². The third-order valence-corrected chi connectivity index (χ3v) is 2.49. The minimum Gasteiger partial charge on any atom is -0.461 e. The molecule has 0 saturated carbocycles. The van der Waals surface area contributed by atoms with Crippen molar-refractivity contribution in [3.63, 3.8) is 0 Å². The first-order valence-corrected chi connectivity index (χ1v) is 5.42. The molecule has 2 nitrogen and oxygen atoms in total. The largest absolute Gasteiger partial charge is 0.461 e. The Morgan fingerprint density at radius 3 is 2.31 bits per heavy atom. The van der Waals surface area contributed by atoms with Crippen molar-refractivity contribution in [2.45, 2.75) is 27.2 Å². The molecule has 0 amide bonds. The van der Waals surface area contributed by atoms with Crippen LogP contribution < -0.4 is 0 Å². The molecule has 1 rings (SSSR count). The maximum atomic E-state index is 11.5. The van der Waals surface area contributed by atoms with E-state index in [1.165, 1.54) is 5.57 Å². The molecule has 0 heterocycles. The van der Waals surface area contributed by atoms with Gasteiger partial charge >= 0.3 is 5.97 Å². The molecule has 16 heavy (non-hydrogen) atoms. The van der Waals surface area contributed by atoms with Crippen LogP contribution in [0.3, 0.4) is 0 Å². The monoisotopic (exact) mass is 218 g/mol. The van der Waals surface area contributed by atoms with Crippen LogP contribution in [0.4, 0.5) is 0 Å². The van der Waals surface area contributed by atoms with Gasteiger partial charge in [0, 0.05) is 0 Å². The maximum Gasteiger partial charge on any atom is 0.310 e. The van der Waals surface area contributed by atoms with E-state index in [4.69, 9.17) is 4.74 Å². The van der Waals surface area contributed by atoms with Crippen molar-refractivity contribution in [2.75, 3.05) is 6.61 Å². The van der Waals surface area contributed by atoms with Crippen molar-refractivity contribution in [1.82, 2.24) is 0 Å². The number of allylic oxidation sites excluding steroid dienone is 1. The Hall–Kier alpha value is -1.57. The molecule has 1 aromatic carbocycles. The van der Waals surface area contributed by atoms with Gasteiger partial charge in [-0.05, 0) is 31.9 Å². The number of hydrogen-bond donors (Lipinski definition) is 0. The highest BCUT2D eigenvalue weighted by Gasteiger charge is 2.04. The molecule has 2 heteroatoms. The van der Waals surface area contributed by atoms with Crippen molar-refractivity contribution in [1.29, 1.82) is 0 Å². The second kappa shape index (κ2) is 6.11. The molecule has 86 valence electrons. The smallest absolute Gasteiger partial charge is 0.310 e. The zero-order chi connectivity index (χ0) is 12.0. The lowest BCUT2D eigenvalue weighted by molar-refractivity contribution is -0.141. The molecule has 0 aromatic heterocycles. The predicted molar refractivity (Wildman–Crippen MR) is 65.2 cm³/mol. The molecular formula is C14H18O2. The number of carbonyl (C=O) groups excluding carboxylic acids is 1. The summed E-state index contributed by atoms with van der Waals surface area (Å²) >= 11 is 0. The molecular weight excluding hydrogens is 200 g/mol. The van der Waals surface area contributed by atoms with Gasteiger partial charge in [0.05, 0.1) is 6.42 Å². The van der Waals surface area contributed by atoms with Gasteiger partial charge in [-0.15, -0.1) is 0 Å². The van der Waals surface area contributed by atoms with Crippen LogP contribution in [-0.2, 0) is 16.0 Å². The van der Waals surface area contributed by atoms with E-state index >= 15 is 0 Å². The first-order valence-electron chi connectivity index (χ1n) is 5.42. The number of hydrogen-bond acceptors (Lipinski definition) is 2. The molecule has 0 aliphatic heterocycles. The van der Waals surface area contributed by atoms with E-state index in [2.05, 4.69) is 0 Å². The van der Waals surface area contributed by atoms with Crippen LogP contribution in [0.2, 0.25) is 0 Å². The first-order chi connectivity index (χ1) is 7.59. The predicted octanol–water partition coefficient (Wildman–Crippen LogP) is 3.13. The van der Waals surface area contributed by atoms with Crippen LogP contribution in [0, 0.1) is 0 Å². The molecule has 0 spiro atoms. The highest BCUT2D eigenvalue weighted by Crippen LogP contribution is 2.05. The van der Waals surface area contributed by atoms with Crippen LogP contribution >= 0.6 is 0 Å². The zero-order valence-electron chi connectivity index (χ0n) is 10.1. The van der Waals surface area contributed by atoms with Crippen molar-refractivity contribution < 1.29 is 9.53 Å². The standard InChI is InChI=1S/C14H18O2/c1-11(2)12(3)10-16-14(15)9-13-7-5-4-6-8-13/h4-8H,9-10H2,1-3H3. The SMILES string of the molecule is CC(C)=C(C)COC(=O)Cc1ccccc1. The fourth-order valence-electron chi connectivity index (χ4n) is 1.15. The van der Waals surface area contributed by atoms with E-state index in [1.807, 2.05) is 51.1 Å². The van der Waals surface area contributed by atoms with Crippen molar-refractivity contribution >= 4 is 5.97 Å². The van der Waals surface area contributed by atoms with E-state index in [9.17, 15) is 4.79 Å². The molecule has 0 aliphatic rings. The Kier molecular flexibility index (Phi) is 4.77. The molecule has 0 radical (unpaired) electrons. The minimum absolute atomic E-state index is 0.174. The molecule has 0 aliphatic carbocycles. The van der Waals surface area contributed by atoms with Gasteiger partial charge in [-0.1, -0.05) is 35.9 Å². The quantitative estimate of drug-likeness (QED) is 0.573. The number of esters is 1. The van der Waals surface area contributed by atoms with Gasteiger partial charge in [0.2, 0.25) is 0 Å². The third kappa shape index (κ3) is 4.30. The highest BCUT2D eigenvalue weighted by molar-refractivity contribution is 5.72. The van der Waals surface area contributed by atoms with Crippen LogP contribution in [0.5, 0.6) is 0 Å². The lowest BCUT2D eigenvalue weighted by atomic mass is 10.1. The minimum atomic E-state index is -0.174. The zero-order valence-corrected chi connectivity index (χ0v) is 10.1. The van der Waals surface area contributed by atoms with E-state index in [0.717, 1.165) is 11.1 Å². The van der Waals surface area contributed by atoms with Gasteiger partial charge in [0.15, 0.2) is 0 Å². The van der Waals surface area contributed by atoms with Gasteiger partial charge in [-0.3, -0.25) is 4.79 Å². The number of rotatable bonds is 4. The van der Waals surface area contributed by atoms with Crippen LogP contribution in [-0.4, -0.2) is 12.6 Å². The van der Waals surface area contributed by atoms with Gasteiger partial charge in [0.25, 0.3) is 0 Å². The van der Waals surface area contributed by atoms with E-state index in [-0.39, 0.29) is 5.97 Å². The summed E-state index contributed by atoms with van der Waals surface area (Å²) in [5.74, 6) is -0.174. The van der Waals surface area contributed by atoms with E-state index in [1.54, 1.807) is 0 Å². The normalized spacial score (nSPS) is 9.69. The van der Waals surface area contributed by atoms with Gasteiger partial charge in [0.1, 0.15) is 6.61 Å². The van der Waals surface area contributed by atoms with E-state index in [0.29, 0.717) is 13.0 Å². The molecule has 0 N–H and O–H groups in total. The number of ether oxygens (including phenoxy) is 1. The Labute approximate surface area is 96.9 Å². The van der Waals surface area contributed by atoms with Gasteiger partial charge in [-0.25, -0.2) is 0 Å². The average molecular weight is 218 g/mol. The van der Waals surface area contributed by atoms with Crippen LogP contribution in [0.25, 0.3) is 0 Å². The molecule has 0 bridgehead atoms. The third-order valence-electron chi connectivity index (χ3n) is 2.49. The topological polar surface area (TPSA) is 26.3 Å². The Bertz CT molecular complexity index is 373. The number of benzene rings is 1. The maximum absolute atomic E-state index is 11.5. The van der Waals surface area contributed by atoms with Crippen molar-refractivity contribution in [3.8, 4) is 0 Å². The summed E-state index contributed by atoms with van der Waals surface area (Å²) in [5.41, 5.74) is 3.30. The van der Waals surface area contributed by atoms with Crippen molar-refractivity contribution in [3.05, 3.63) is 47.0 Å². The summed E-state index contributed by atoms with van der Waals surface area (Å²) in [7, 11) is 0. The Morgan fingerprint density at radius 1 is 1.12 bits per heavy atom. The fourth-order valence-corrected chi connectivity index (χ4v) is 1.15. The lowest BCUT2D eigenvalue weighted by Gasteiger charge is -2.06. The van der Waals surface area contributed by atoms with Gasteiger partial charge in [-0.2, -0.15) is 0 Å². The molecule has 1 aromatic rings. The van der Waals surface area contributed by atoms with Crippen LogP contribution in [0.15, 0.2) is 41.5 Å². The molecule has 0 unspecified atom stereocenters. The Balaban J connectivity index is 2.41. The van der Waals surface area contributed by atoms with Crippen molar-refractivity contribution in [2.24, 2.45) is 0 Å². The summed E-state index contributed by atoms with van der Waals surface area (Å²) in [6, 6.07) is 9.63. The first kappa shape index (κ1) is 12.5. The summed E-state index contributed by atoms with van der Waals surface area (Å²) in [4.78, 5) is 11.5. The van der Waals surface area contributed by atoms with Gasteiger partial charge < -0.3 is 4.74 Å².